The maximum absolute atomic E-state index is 12.7. The first kappa shape index (κ1) is 23.1. The zero-order valence-corrected chi connectivity index (χ0v) is 19.0. The van der Waals surface area contributed by atoms with E-state index in [1.165, 1.54) is 6.26 Å². The molecule has 3 heterocycles. The highest BCUT2D eigenvalue weighted by Gasteiger charge is 2.34. The molecule has 30 heavy (non-hydrogen) atoms. The van der Waals surface area contributed by atoms with E-state index in [9.17, 15) is 13.2 Å². The highest BCUT2D eigenvalue weighted by atomic mass is 32.2. The molecule has 2 aliphatic heterocycles. The zero-order chi connectivity index (χ0) is 21.7. The van der Waals surface area contributed by atoms with Gasteiger partial charge in [-0.1, -0.05) is 0 Å². The fourth-order valence-electron chi connectivity index (χ4n) is 4.26. The van der Waals surface area contributed by atoms with Crippen LogP contribution in [0.1, 0.15) is 41.9 Å². The number of aromatic nitrogens is 2. The average molecular weight is 440 g/mol. The Morgan fingerprint density at radius 2 is 1.83 bits per heavy atom. The van der Waals surface area contributed by atoms with Gasteiger partial charge in [-0.3, -0.25) is 9.69 Å². The third-order valence-electron chi connectivity index (χ3n) is 6.03. The lowest BCUT2D eigenvalue weighted by molar-refractivity contribution is 0.00319. The van der Waals surface area contributed by atoms with Crippen LogP contribution in [-0.4, -0.2) is 103 Å². The minimum atomic E-state index is -3.20. The number of carbonyl (C=O) groups excluding carboxylic acids is 1. The van der Waals surface area contributed by atoms with E-state index in [-0.39, 0.29) is 11.9 Å². The Labute approximate surface area is 179 Å². The number of hydrogen-bond donors (Lipinski definition) is 0. The summed E-state index contributed by atoms with van der Waals surface area (Å²) in [5.41, 5.74) is 0.474. The molecule has 0 N–H and O–H groups in total. The van der Waals surface area contributed by atoms with Crippen LogP contribution in [0.2, 0.25) is 0 Å². The summed E-state index contributed by atoms with van der Waals surface area (Å²) in [5, 5.41) is 0. The van der Waals surface area contributed by atoms with Crippen molar-refractivity contribution in [2.75, 3.05) is 52.7 Å². The van der Waals surface area contributed by atoms with Crippen molar-refractivity contribution in [3.8, 4) is 0 Å². The van der Waals surface area contributed by atoms with Crippen molar-refractivity contribution in [2.24, 2.45) is 0 Å². The highest BCUT2D eigenvalue weighted by Crippen LogP contribution is 2.24. The van der Waals surface area contributed by atoms with Crippen LogP contribution in [0.15, 0.2) is 12.4 Å². The van der Waals surface area contributed by atoms with E-state index in [1.807, 2.05) is 0 Å². The molecule has 1 unspecified atom stereocenters. The molecule has 0 bridgehead atoms. The second-order valence-corrected chi connectivity index (χ2v) is 10.2. The Bertz CT molecular complexity index is 811. The Hall–Kier alpha value is -1.62. The van der Waals surface area contributed by atoms with Gasteiger partial charge in [0.15, 0.2) is 0 Å². The Morgan fingerprint density at radius 1 is 1.17 bits per heavy atom. The van der Waals surface area contributed by atoms with Gasteiger partial charge in [0, 0.05) is 70.9 Å². The molecule has 2 aliphatic rings. The molecule has 0 radical (unpaired) electrons. The van der Waals surface area contributed by atoms with Gasteiger partial charge in [0.1, 0.15) is 5.82 Å². The first-order chi connectivity index (χ1) is 14.3. The molecule has 9 nitrogen and oxygen atoms in total. The Kier molecular flexibility index (Phi) is 7.78. The molecule has 1 amide bonds. The second kappa shape index (κ2) is 10.1. The third kappa shape index (κ3) is 5.96. The van der Waals surface area contributed by atoms with Gasteiger partial charge in [-0.15, -0.1) is 0 Å². The van der Waals surface area contributed by atoms with Crippen LogP contribution in [0.3, 0.4) is 0 Å². The molecule has 0 aromatic carbocycles. The summed E-state index contributed by atoms with van der Waals surface area (Å²) in [6.45, 7) is 5.58. The Balaban J connectivity index is 1.68. The van der Waals surface area contributed by atoms with Gasteiger partial charge in [-0.2, -0.15) is 0 Å². The molecule has 0 saturated carbocycles. The molecule has 0 spiro atoms. The highest BCUT2D eigenvalue weighted by molar-refractivity contribution is 7.88. The smallest absolute Gasteiger partial charge is 0.256 e. The van der Waals surface area contributed by atoms with Gasteiger partial charge in [0.05, 0.1) is 11.8 Å². The van der Waals surface area contributed by atoms with Crippen LogP contribution in [-0.2, 0) is 14.8 Å². The summed E-state index contributed by atoms with van der Waals surface area (Å²) in [5.74, 6) is 0.524. The summed E-state index contributed by atoms with van der Waals surface area (Å²) in [6.07, 6.45) is 8.08. The third-order valence-corrected chi connectivity index (χ3v) is 7.29. The summed E-state index contributed by atoms with van der Waals surface area (Å²) < 4.78 is 31.3. The van der Waals surface area contributed by atoms with Crippen LogP contribution in [0, 0.1) is 6.92 Å². The van der Waals surface area contributed by atoms with E-state index in [1.54, 1.807) is 35.6 Å². The van der Waals surface area contributed by atoms with Gasteiger partial charge in [-0.25, -0.2) is 22.7 Å². The van der Waals surface area contributed by atoms with Gasteiger partial charge < -0.3 is 9.64 Å². The maximum Gasteiger partial charge on any atom is 0.256 e. The second-order valence-electron chi connectivity index (χ2n) is 8.24. The first-order valence-electron chi connectivity index (χ1n) is 10.6. The minimum absolute atomic E-state index is 0.108. The molecule has 0 aliphatic carbocycles. The topological polar surface area (TPSA) is 95.9 Å². The fourth-order valence-corrected chi connectivity index (χ4v) is 5.17. The Morgan fingerprint density at radius 3 is 2.47 bits per heavy atom. The molecule has 3 rings (SSSR count). The van der Waals surface area contributed by atoms with Gasteiger partial charge >= 0.3 is 0 Å². The number of amides is 1. The number of nitrogens with zero attached hydrogens (tertiary/aromatic N) is 5. The maximum atomic E-state index is 12.7. The normalized spacial score (nSPS) is 21.7. The lowest BCUT2D eigenvalue weighted by Crippen LogP contribution is -2.55. The lowest BCUT2D eigenvalue weighted by atomic mass is 9.99. The summed E-state index contributed by atoms with van der Waals surface area (Å²) in [4.78, 5) is 25.0. The predicted molar refractivity (Wildman–Crippen MR) is 114 cm³/mol. The van der Waals surface area contributed by atoms with Crippen LogP contribution in [0.25, 0.3) is 0 Å². The van der Waals surface area contributed by atoms with Crippen molar-refractivity contribution in [3.63, 3.8) is 0 Å². The van der Waals surface area contributed by atoms with Crippen molar-refractivity contribution >= 4 is 15.9 Å². The van der Waals surface area contributed by atoms with E-state index in [0.29, 0.717) is 43.6 Å². The summed E-state index contributed by atoms with van der Waals surface area (Å²) in [6, 6.07) is 0.497. The quantitative estimate of drug-likeness (QED) is 0.619. The van der Waals surface area contributed by atoms with Crippen molar-refractivity contribution in [3.05, 3.63) is 23.8 Å². The van der Waals surface area contributed by atoms with E-state index in [0.717, 1.165) is 38.9 Å². The number of carbonyl (C=O) groups is 1. The number of hydrogen-bond acceptors (Lipinski definition) is 7. The molecule has 2 fully saturated rings. The van der Waals surface area contributed by atoms with Crippen LogP contribution < -0.4 is 0 Å². The van der Waals surface area contributed by atoms with E-state index < -0.39 is 10.0 Å². The molecular formula is C20H33N5O4S. The van der Waals surface area contributed by atoms with E-state index in [4.69, 9.17) is 4.74 Å². The number of rotatable bonds is 7. The number of sulfonamides is 1. The summed E-state index contributed by atoms with van der Waals surface area (Å²) >= 11 is 0. The molecule has 1 atom stereocenters. The molecule has 168 valence electrons. The molecule has 1 aromatic rings. The standard InChI is InChI=1S/C20H33N5O4S/c1-16-21-13-17(14-22-16)20(26)23(2)9-10-25(18-6-11-29-12-7-18)19-5-4-8-24(15-19)30(3,27)28/h13-14,18-19H,4-12,15H2,1-3H3. The van der Waals surface area contributed by atoms with Crippen LogP contribution in [0.5, 0.6) is 0 Å². The van der Waals surface area contributed by atoms with Crippen molar-refractivity contribution < 1.29 is 17.9 Å². The SMILES string of the molecule is Cc1ncc(C(=O)N(C)CCN(C2CCOCC2)C2CCCN(S(C)(=O)=O)C2)cn1. The lowest BCUT2D eigenvalue weighted by Gasteiger charge is -2.44. The molecule has 1 aromatic heterocycles. The van der Waals surface area contributed by atoms with Crippen LogP contribution in [0.4, 0.5) is 0 Å². The van der Waals surface area contributed by atoms with E-state index >= 15 is 0 Å². The monoisotopic (exact) mass is 439 g/mol. The summed E-state index contributed by atoms with van der Waals surface area (Å²) in [7, 11) is -1.42. The number of aryl methyl sites for hydroxylation is 1. The van der Waals surface area contributed by atoms with Crippen molar-refractivity contribution in [1.29, 1.82) is 0 Å². The van der Waals surface area contributed by atoms with Crippen molar-refractivity contribution in [2.45, 2.75) is 44.7 Å². The number of piperidine rings is 1. The van der Waals surface area contributed by atoms with E-state index in [2.05, 4.69) is 14.9 Å². The molecule has 2 saturated heterocycles. The minimum Gasteiger partial charge on any atom is -0.381 e. The number of likely N-dealkylation sites (N-methyl/N-ethyl adjacent to an activating group) is 1. The van der Waals surface area contributed by atoms with Crippen molar-refractivity contribution in [1.82, 2.24) is 24.1 Å². The molecular weight excluding hydrogens is 406 g/mol. The van der Waals surface area contributed by atoms with Gasteiger partial charge in [0.25, 0.3) is 5.91 Å². The van der Waals surface area contributed by atoms with Gasteiger partial charge in [0.2, 0.25) is 10.0 Å². The largest absolute Gasteiger partial charge is 0.381 e. The zero-order valence-electron chi connectivity index (χ0n) is 18.2. The average Bonchev–Trinajstić information content (AvgIpc) is 2.74. The fraction of sp³-hybridized carbons (Fsp3) is 0.750. The first-order valence-corrected chi connectivity index (χ1v) is 12.4. The number of ether oxygens (including phenoxy) is 1. The molecule has 10 heteroatoms. The van der Waals surface area contributed by atoms with Gasteiger partial charge in [-0.05, 0) is 32.6 Å². The predicted octanol–water partition coefficient (Wildman–Crippen LogP) is 0.762. The van der Waals surface area contributed by atoms with Crippen LogP contribution >= 0.6 is 0 Å².